The largest absolute Gasteiger partial charge is 0.389 e. The topological polar surface area (TPSA) is 85.4 Å². The third kappa shape index (κ3) is 6.02. The molecule has 0 aliphatic carbocycles. The average Bonchev–Trinajstić information content (AvgIpc) is 3.64. The van der Waals surface area contributed by atoms with Crippen molar-refractivity contribution in [3.8, 4) is 22.4 Å². The summed E-state index contributed by atoms with van der Waals surface area (Å²) in [6, 6.07) is 7.93. The summed E-state index contributed by atoms with van der Waals surface area (Å²) in [4.78, 5) is 30.3. The lowest BCUT2D eigenvalue weighted by atomic mass is 10.0. The number of hydrogen-bond donors (Lipinski definition) is 0. The lowest BCUT2D eigenvalue weighted by Gasteiger charge is -2.20. The SMILES string of the molecule is CC(C(=O)N1CCC(F)(F)C1)n1cc(-c2cnn3c(-c4cccc(CC(=O)CCC(F)(F)F)c4)cnc3c2)cn1. The Balaban J connectivity index is 1.31. The van der Waals surface area contributed by atoms with Crippen LogP contribution >= 0.6 is 0 Å². The number of likely N-dealkylation sites (tertiary alicyclic amines) is 1. The Labute approximate surface area is 225 Å². The first-order chi connectivity index (χ1) is 18.9. The van der Waals surface area contributed by atoms with Gasteiger partial charge in [0.15, 0.2) is 5.65 Å². The van der Waals surface area contributed by atoms with Crippen LogP contribution in [0, 0.1) is 0 Å². The second-order valence-corrected chi connectivity index (χ2v) is 9.94. The fourth-order valence-electron chi connectivity index (χ4n) is 4.67. The lowest BCUT2D eigenvalue weighted by Crippen LogP contribution is -2.36. The van der Waals surface area contributed by atoms with Crippen LogP contribution in [0.4, 0.5) is 22.0 Å². The van der Waals surface area contributed by atoms with E-state index >= 15 is 0 Å². The number of benzene rings is 1. The van der Waals surface area contributed by atoms with Gasteiger partial charge < -0.3 is 4.90 Å². The number of carbonyl (C=O) groups excluding carboxylic acids is 2. The Morgan fingerprint density at radius 1 is 1.05 bits per heavy atom. The highest BCUT2D eigenvalue weighted by Crippen LogP contribution is 2.30. The van der Waals surface area contributed by atoms with Crippen LogP contribution in [0.25, 0.3) is 28.0 Å². The second kappa shape index (κ2) is 10.4. The fraction of sp³-hybridized carbons (Fsp3) is 0.370. The van der Waals surface area contributed by atoms with E-state index in [1.807, 2.05) is 0 Å². The zero-order valence-electron chi connectivity index (χ0n) is 21.4. The highest BCUT2D eigenvalue weighted by molar-refractivity contribution is 5.82. The number of nitrogens with zero attached hydrogens (tertiary/aromatic N) is 6. The molecule has 0 N–H and O–H groups in total. The molecule has 8 nitrogen and oxygen atoms in total. The Kier molecular flexibility index (Phi) is 7.15. The number of ketones is 1. The predicted molar refractivity (Wildman–Crippen MR) is 134 cm³/mol. The molecule has 1 aliphatic heterocycles. The van der Waals surface area contributed by atoms with Crippen LogP contribution in [0.5, 0.6) is 0 Å². The highest BCUT2D eigenvalue weighted by Gasteiger charge is 2.41. The van der Waals surface area contributed by atoms with Gasteiger partial charge in [0.05, 0.1) is 37.3 Å². The van der Waals surface area contributed by atoms with Gasteiger partial charge in [0.1, 0.15) is 11.8 Å². The molecule has 1 aromatic carbocycles. The van der Waals surface area contributed by atoms with E-state index in [-0.39, 0.29) is 19.4 Å². The molecule has 4 heterocycles. The number of rotatable bonds is 8. The molecule has 1 unspecified atom stereocenters. The van der Waals surface area contributed by atoms with E-state index in [9.17, 15) is 31.5 Å². The number of Topliss-reactive ketones (excluding diaryl/α,β-unsaturated/α-hetero) is 1. The van der Waals surface area contributed by atoms with Crippen LogP contribution in [-0.4, -0.2) is 66.2 Å². The molecule has 210 valence electrons. The first kappa shape index (κ1) is 27.4. The Bertz CT molecular complexity index is 1560. The molecular weight excluding hydrogens is 535 g/mol. The summed E-state index contributed by atoms with van der Waals surface area (Å²) in [5.41, 5.74) is 3.75. The first-order valence-electron chi connectivity index (χ1n) is 12.6. The number of imidazole rings is 1. The van der Waals surface area contributed by atoms with Gasteiger partial charge in [-0.25, -0.2) is 18.3 Å². The molecule has 5 rings (SSSR count). The van der Waals surface area contributed by atoms with E-state index in [0.29, 0.717) is 33.6 Å². The fourth-order valence-corrected chi connectivity index (χ4v) is 4.67. The number of aromatic nitrogens is 5. The van der Waals surface area contributed by atoms with Crippen molar-refractivity contribution in [2.24, 2.45) is 0 Å². The molecule has 1 amide bonds. The number of alkyl halides is 5. The Hall–Kier alpha value is -4.16. The van der Waals surface area contributed by atoms with Crippen LogP contribution in [-0.2, 0) is 16.0 Å². The number of amides is 1. The Morgan fingerprint density at radius 2 is 1.82 bits per heavy atom. The van der Waals surface area contributed by atoms with Gasteiger partial charge in [0, 0.05) is 48.7 Å². The van der Waals surface area contributed by atoms with Crippen molar-refractivity contribution < 1.29 is 31.5 Å². The van der Waals surface area contributed by atoms with Crippen molar-refractivity contribution in [1.82, 2.24) is 29.3 Å². The van der Waals surface area contributed by atoms with Crippen molar-refractivity contribution in [2.45, 2.75) is 50.7 Å². The maximum absolute atomic E-state index is 13.5. The van der Waals surface area contributed by atoms with Gasteiger partial charge in [-0.15, -0.1) is 0 Å². The maximum Gasteiger partial charge on any atom is 0.389 e. The molecule has 1 aliphatic rings. The molecular formula is C27H25F5N6O2. The molecule has 4 aromatic rings. The third-order valence-corrected chi connectivity index (χ3v) is 6.84. The van der Waals surface area contributed by atoms with Gasteiger partial charge in [-0.1, -0.05) is 18.2 Å². The van der Waals surface area contributed by atoms with E-state index in [1.54, 1.807) is 66.6 Å². The van der Waals surface area contributed by atoms with Gasteiger partial charge in [-0.3, -0.25) is 14.3 Å². The van der Waals surface area contributed by atoms with E-state index in [0.717, 1.165) is 4.90 Å². The van der Waals surface area contributed by atoms with Crippen molar-refractivity contribution in [3.05, 3.63) is 60.7 Å². The van der Waals surface area contributed by atoms with Gasteiger partial charge in [0.2, 0.25) is 5.91 Å². The van der Waals surface area contributed by atoms with Crippen LogP contribution < -0.4 is 0 Å². The minimum Gasteiger partial charge on any atom is -0.335 e. The summed E-state index contributed by atoms with van der Waals surface area (Å²) < 4.78 is 67.4. The molecule has 0 radical (unpaired) electrons. The molecule has 13 heteroatoms. The number of fused-ring (bicyclic) bond motifs is 1. The van der Waals surface area contributed by atoms with Crippen molar-refractivity contribution in [1.29, 1.82) is 0 Å². The second-order valence-electron chi connectivity index (χ2n) is 9.94. The number of carbonyl (C=O) groups is 2. The molecule has 1 fully saturated rings. The standard InChI is InChI=1S/C27H25F5N6O2/c1-17(25(40)36-8-7-26(28,29)16-36)37-15-21(13-34-37)20-11-24-33-14-23(38(24)35-12-20)19-4-2-3-18(9-19)10-22(39)5-6-27(30,31)32/h2-4,9,11-15,17H,5-8,10,16H2,1H3. The summed E-state index contributed by atoms with van der Waals surface area (Å²) in [6.45, 7) is 1.02. The smallest absolute Gasteiger partial charge is 0.335 e. The van der Waals surface area contributed by atoms with E-state index < -0.39 is 49.2 Å². The van der Waals surface area contributed by atoms with Crippen molar-refractivity contribution >= 4 is 17.3 Å². The summed E-state index contributed by atoms with van der Waals surface area (Å²) in [6.07, 6.45) is -0.138. The quantitative estimate of drug-likeness (QED) is 0.279. The molecule has 0 bridgehead atoms. The normalized spacial score (nSPS) is 16.0. The first-order valence-corrected chi connectivity index (χ1v) is 12.6. The molecule has 3 aromatic heterocycles. The minimum atomic E-state index is -4.37. The molecule has 0 saturated carbocycles. The zero-order valence-corrected chi connectivity index (χ0v) is 21.4. The van der Waals surface area contributed by atoms with Crippen molar-refractivity contribution in [3.63, 3.8) is 0 Å². The lowest BCUT2D eigenvalue weighted by molar-refractivity contribution is -0.143. The summed E-state index contributed by atoms with van der Waals surface area (Å²) in [5.74, 6) is -3.79. The maximum atomic E-state index is 13.5. The van der Waals surface area contributed by atoms with E-state index in [4.69, 9.17) is 0 Å². The zero-order chi connectivity index (χ0) is 28.7. The molecule has 1 atom stereocenters. The summed E-state index contributed by atoms with van der Waals surface area (Å²) >= 11 is 0. The predicted octanol–water partition coefficient (Wildman–Crippen LogP) is 5.14. The number of halogens is 5. The van der Waals surface area contributed by atoms with Crippen LogP contribution in [0.2, 0.25) is 0 Å². The van der Waals surface area contributed by atoms with Crippen LogP contribution in [0.15, 0.2) is 55.1 Å². The minimum absolute atomic E-state index is 0.00434. The van der Waals surface area contributed by atoms with Gasteiger partial charge >= 0.3 is 6.18 Å². The van der Waals surface area contributed by atoms with Crippen molar-refractivity contribution in [2.75, 3.05) is 13.1 Å². The van der Waals surface area contributed by atoms with Crippen LogP contribution in [0.3, 0.4) is 0 Å². The summed E-state index contributed by atoms with van der Waals surface area (Å²) in [5, 5.41) is 8.73. The average molecular weight is 561 g/mol. The number of hydrogen-bond acceptors (Lipinski definition) is 5. The Morgan fingerprint density at radius 3 is 2.55 bits per heavy atom. The van der Waals surface area contributed by atoms with E-state index in [2.05, 4.69) is 15.2 Å². The van der Waals surface area contributed by atoms with Gasteiger partial charge in [0.25, 0.3) is 5.92 Å². The highest BCUT2D eigenvalue weighted by atomic mass is 19.4. The third-order valence-electron chi connectivity index (χ3n) is 6.84. The molecule has 40 heavy (non-hydrogen) atoms. The monoisotopic (exact) mass is 560 g/mol. The van der Waals surface area contributed by atoms with Gasteiger partial charge in [-0.05, 0) is 24.6 Å². The van der Waals surface area contributed by atoms with Crippen LogP contribution in [0.1, 0.15) is 37.8 Å². The summed E-state index contributed by atoms with van der Waals surface area (Å²) in [7, 11) is 0. The molecule has 0 spiro atoms. The van der Waals surface area contributed by atoms with Gasteiger partial charge in [-0.2, -0.15) is 23.4 Å². The van der Waals surface area contributed by atoms with E-state index in [1.165, 1.54) is 4.68 Å². The molecule has 1 saturated heterocycles.